The van der Waals surface area contributed by atoms with Gasteiger partial charge in [-0.05, 0) is 60.0 Å². The highest BCUT2D eigenvalue weighted by molar-refractivity contribution is 6.33. The van der Waals surface area contributed by atoms with E-state index < -0.39 is 17.6 Å². The average Bonchev–Trinajstić information content (AvgIpc) is 2.63. The predicted molar refractivity (Wildman–Crippen MR) is 102 cm³/mol. The maximum absolute atomic E-state index is 13.3. The van der Waals surface area contributed by atoms with Crippen LogP contribution >= 0.6 is 11.6 Å². The lowest BCUT2D eigenvalue weighted by molar-refractivity contribution is -0.137. The van der Waals surface area contributed by atoms with Crippen LogP contribution in [0, 0.1) is 6.92 Å². The van der Waals surface area contributed by atoms with Gasteiger partial charge in [0.05, 0.1) is 11.1 Å². The van der Waals surface area contributed by atoms with Crippen molar-refractivity contribution >= 4 is 17.5 Å². The molecule has 0 unspecified atom stereocenters. The molecule has 7 heteroatoms. The number of carbonyl (C=O) groups excluding carboxylic acids is 1. The Balaban J connectivity index is 2.33. The average molecular weight is 406 g/mol. The maximum Gasteiger partial charge on any atom is 0.416 e. The first-order chi connectivity index (χ1) is 13.1. The second-order valence-electron chi connectivity index (χ2n) is 6.34. The number of hydrogen-bond acceptors (Lipinski definition) is 2. The number of rotatable bonds is 3. The van der Waals surface area contributed by atoms with Crippen molar-refractivity contribution in [2.45, 2.75) is 13.1 Å². The molecule has 0 heterocycles. The highest BCUT2D eigenvalue weighted by Gasteiger charge is 2.31. The lowest BCUT2D eigenvalue weighted by Gasteiger charge is -2.16. The first-order valence-corrected chi connectivity index (χ1v) is 8.56. The summed E-state index contributed by atoms with van der Waals surface area (Å²) >= 11 is 6.29. The van der Waals surface area contributed by atoms with Crippen LogP contribution in [0.2, 0.25) is 5.02 Å². The summed E-state index contributed by atoms with van der Waals surface area (Å²) < 4.78 is 39.9. The fourth-order valence-electron chi connectivity index (χ4n) is 2.94. The van der Waals surface area contributed by atoms with Crippen molar-refractivity contribution in [2.75, 3.05) is 0 Å². The van der Waals surface area contributed by atoms with Gasteiger partial charge < -0.3 is 10.8 Å². The molecule has 0 aromatic heterocycles. The number of benzene rings is 3. The Morgan fingerprint density at radius 1 is 0.964 bits per heavy atom. The van der Waals surface area contributed by atoms with E-state index in [1.54, 1.807) is 18.2 Å². The van der Waals surface area contributed by atoms with Gasteiger partial charge in [0, 0.05) is 10.6 Å². The molecule has 144 valence electrons. The Morgan fingerprint density at radius 2 is 1.68 bits per heavy atom. The van der Waals surface area contributed by atoms with E-state index in [1.165, 1.54) is 24.3 Å². The second-order valence-corrected chi connectivity index (χ2v) is 6.74. The minimum absolute atomic E-state index is 0.184. The predicted octanol–water partition coefficient (Wildman–Crippen LogP) is 5.81. The summed E-state index contributed by atoms with van der Waals surface area (Å²) in [7, 11) is 0. The molecule has 3 rings (SSSR count). The highest BCUT2D eigenvalue weighted by Crippen LogP contribution is 2.41. The molecular weight excluding hydrogens is 391 g/mol. The van der Waals surface area contributed by atoms with Gasteiger partial charge in [0.25, 0.3) is 5.91 Å². The SMILES string of the molecule is Cc1ccc(Cl)c(-c2ccc(C(F)(F)F)cc2-c2ccc(O)c(C(N)=O)c2)c1. The number of nitrogens with two attached hydrogens (primary N) is 1. The minimum atomic E-state index is -4.55. The van der Waals surface area contributed by atoms with E-state index in [2.05, 4.69) is 0 Å². The topological polar surface area (TPSA) is 63.3 Å². The van der Waals surface area contributed by atoms with Gasteiger partial charge in [0.1, 0.15) is 5.75 Å². The molecule has 1 amide bonds. The van der Waals surface area contributed by atoms with Gasteiger partial charge in [-0.2, -0.15) is 13.2 Å². The molecule has 0 saturated heterocycles. The third-order valence-electron chi connectivity index (χ3n) is 4.33. The van der Waals surface area contributed by atoms with E-state index in [9.17, 15) is 23.1 Å². The maximum atomic E-state index is 13.3. The molecule has 0 spiro atoms. The zero-order valence-corrected chi connectivity index (χ0v) is 15.4. The van der Waals surface area contributed by atoms with Gasteiger partial charge in [-0.25, -0.2) is 0 Å². The van der Waals surface area contributed by atoms with Crippen molar-refractivity contribution in [1.82, 2.24) is 0 Å². The summed E-state index contributed by atoms with van der Waals surface area (Å²) in [4.78, 5) is 11.5. The monoisotopic (exact) mass is 405 g/mol. The number of alkyl halides is 3. The largest absolute Gasteiger partial charge is 0.507 e. The Kier molecular flexibility index (Phi) is 5.08. The quantitative estimate of drug-likeness (QED) is 0.578. The number of amides is 1. The molecule has 0 fully saturated rings. The van der Waals surface area contributed by atoms with Gasteiger partial charge in [-0.1, -0.05) is 35.4 Å². The number of halogens is 4. The molecule has 0 aliphatic heterocycles. The number of hydrogen-bond donors (Lipinski definition) is 2. The number of aryl methyl sites for hydroxylation is 1. The second kappa shape index (κ2) is 7.20. The van der Waals surface area contributed by atoms with Crippen LogP contribution in [0.15, 0.2) is 54.6 Å². The molecule has 0 aliphatic carbocycles. The Morgan fingerprint density at radius 3 is 2.32 bits per heavy atom. The fraction of sp³-hybridized carbons (Fsp3) is 0.0952. The first kappa shape index (κ1) is 19.8. The van der Waals surface area contributed by atoms with E-state index in [1.807, 2.05) is 6.92 Å². The summed E-state index contributed by atoms with van der Waals surface area (Å²) in [6, 6.07) is 12.4. The Hall–Kier alpha value is -2.99. The van der Waals surface area contributed by atoms with Crippen LogP contribution in [-0.2, 0) is 6.18 Å². The van der Waals surface area contributed by atoms with Gasteiger partial charge >= 0.3 is 6.18 Å². The van der Waals surface area contributed by atoms with Crippen LogP contribution in [0.5, 0.6) is 5.75 Å². The molecule has 0 bridgehead atoms. The van der Waals surface area contributed by atoms with Gasteiger partial charge in [0.15, 0.2) is 0 Å². The molecule has 0 saturated carbocycles. The van der Waals surface area contributed by atoms with Crippen molar-refractivity contribution in [3.8, 4) is 28.0 Å². The standard InChI is InChI=1S/C21H15ClF3NO2/c1-11-2-6-18(22)16(8-11)14-5-4-13(21(23,24)25)10-15(14)12-3-7-19(27)17(9-12)20(26)28/h2-10,27H,1H3,(H2,26,28). The lowest BCUT2D eigenvalue weighted by atomic mass is 9.91. The number of aromatic hydroxyl groups is 1. The molecule has 0 atom stereocenters. The van der Waals surface area contributed by atoms with E-state index in [0.29, 0.717) is 21.7 Å². The number of phenols is 1. The first-order valence-electron chi connectivity index (χ1n) is 8.19. The molecule has 28 heavy (non-hydrogen) atoms. The Labute approximate surface area is 164 Å². The van der Waals surface area contributed by atoms with E-state index in [4.69, 9.17) is 17.3 Å². The van der Waals surface area contributed by atoms with Crippen LogP contribution < -0.4 is 5.73 Å². The zero-order valence-electron chi connectivity index (χ0n) is 14.6. The molecule has 0 aliphatic rings. The van der Waals surface area contributed by atoms with Crippen LogP contribution in [0.3, 0.4) is 0 Å². The van der Waals surface area contributed by atoms with E-state index in [0.717, 1.165) is 17.7 Å². The highest BCUT2D eigenvalue weighted by atomic mass is 35.5. The normalized spacial score (nSPS) is 11.5. The van der Waals surface area contributed by atoms with Crippen molar-refractivity contribution in [1.29, 1.82) is 0 Å². The summed E-state index contributed by atoms with van der Waals surface area (Å²) in [5.41, 5.74) is 6.63. The van der Waals surface area contributed by atoms with E-state index >= 15 is 0 Å². The molecule has 3 N–H and O–H groups in total. The van der Waals surface area contributed by atoms with Gasteiger partial charge in [0.2, 0.25) is 0 Å². The van der Waals surface area contributed by atoms with Gasteiger partial charge in [-0.15, -0.1) is 0 Å². The van der Waals surface area contributed by atoms with Crippen LogP contribution in [0.4, 0.5) is 13.2 Å². The summed E-state index contributed by atoms with van der Waals surface area (Å²) in [6.07, 6.45) is -4.55. The molecule has 3 nitrogen and oxygen atoms in total. The van der Waals surface area contributed by atoms with Gasteiger partial charge in [-0.3, -0.25) is 4.79 Å². The lowest BCUT2D eigenvalue weighted by Crippen LogP contribution is -2.11. The van der Waals surface area contributed by atoms with Crippen LogP contribution in [0.1, 0.15) is 21.5 Å². The summed E-state index contributed by atoms with van der Waals surface area (Å²) in [5.74, 6) is -1.24. The molecule has 3 aromatic rings. The number of primary amides is 1. The van der Waals surface area contributed by atoms with Crippen molar-refractivity contribution < 1.29 is 23.1 Å². The minimum Gasteiger partial charge on any atom is -0.507 e. The molecule has 0 radical (unpaired) electrons. The smallest absolute Gasteiger partial charge is 0.416 e. The zero-order chi connectivity index (χ0) is 20.6. The summed E-state index contributed by atoms with van der Waals surface area (Å²) in [5, 5.41) is 10.2. The van der Waals surface area contributed by atoms with Crippen molar-refractivity contribution in [2.24, 2.45) is 5.73 Å². The fourth-order valence-corrected chi connectivity index (χ4v) is 3.16. The van der Waals surface area contributed by atoms with Crippen LogP contribution in [-0.4, -0.2) is 11.0 Å². The Bertz CT molecular complexity index is 1080. The third-order valence-corrected chi connectivity index (χ3v) is 4.66. The van der Waals surface area contributed by atoms with E-state index in [-0.39, 0.29) is 16.9 Å². The third kappa shape index (κ3) is 3.82. The van der Waals surface area contributed by atoms with Crippen molar-refractivity contribution in [3.05, 3.63) is 76.3 Å². The molecule has 3 aromatic carbocycles. The van der Waals surface area contributed by atoms with Crippen LogP contribution in [0.25, 0.3) is 22.3 Å². The summed E-state index contributed by atoms with van der Waals surface area (Å²) in [6.45, 7) is 1.84. The van der Waals surface area contributed by atoms with Crippen molar-refractivity contribution in [3.63, 3.8) is 0 Å². The molecular formula is C21H15ClF3NO2. The number of carbonyl (C=O) groups is 1.